The summed E-state index contributed by atoms with van der Waals surface area (Å²) in [4.78, 5) is 11.3. The normalized spacial score (nSPS) is 12.9. The summed E-state index contributed by atoms with van der Waals surface area (Å²) in [5, 5.41) is 14.6. The predicted octanol–water partition coefficient (Wildman–Crippen LogP) is 2.15. The van der Waals surface area contributed by atoms with Crippen molar-refractivity contribution in [2.45, 2.75) is 32.2 Å². The molecule has 22 heavy (non-hydrogen) atoms. The SMILES string of the molecule is CC(C)NC(=O)NCC(O)COc1cccc(C(F)(F)F)c1. The summed E-state index contributed by atoms with van der Waals surface area (Å²) in [6, 6.07) is 3.89. The summed E-state index contributed by atoms with van der Waals surface area (Å²) in [7, 11) is 0. The Morgan fingerprint density at radius 3 is 2.64 bits per heavy atom. The smallest absolute Gasteiger partial charge is 0.416 e. The molecule has 1 rings (SSSR count). The lowest BCUT2D eigenvalue weighted by atomic mass is 10.2. The summed E-state index contributed by atoms with van der Waals surface area (Å²) >= 11 is 0. The molecule has 0 saturated carbocycles. The molecule has 8 heteroatoms. The summed E-state index contributed by atoms with van der Waals surface area (Å²) in [6.45, 7) is 3.26. The van der Waals surface area contributed by atoms with Crippen LogP contribution in [0.5, 0.6) is 5.75 Å². The van der Waals surface area contributed by atoms with Crippen molar-refractivity contribution >= 4 is 6.03 Å². The van der Waals surface area contributed by atoms with E-state index in [1.807, 2.05) is 0 Å². The third-order valence-electron chi connectivity index (χ3n) is 2.52. The quantitative estimate of drug-likeness (QED) is 0.752. The van der Waals surface area contributed by atoms with E-state index in [2.05, 4.69) is 10.6 Å². The van der Waals surface area contributed by atoms with Crippen molar-refractivity contribution in [3.05, 3.63) is 29.8 Å². The molecule has 0 fully saturated rings. The molecule has 0 aromatic heterocycles. The Bertz CT molecular complexity index is 492. The van der Waals surface area contributed by atoms with Crippen LogP contribution in [0.1, 0.15) is 19.4 Å². The number of alkyl halides is 3. The van der Waals surface area contributed by atoms with E-state index < -0.39 is 23.9 Å². The zero-order valence-corrected chi connectivity index (χ0v) is 12.3. The topological polar surface area (TPSA) is 70.6 Å². The van der Waals surface area contributed by atoms with Gasteiger partial charge in [0.05, 0.1) is 5.56 Å². The number of amides is 2. The minimum atomic E-state index is -4.45. The molecular weight excluding hydrogens is 301 g/mol. The Hall–Kier alpha value is -1.96. The van der Waals surface area contributed by atoms with Gasteiger partial charge in [-0.2, -0.15) is 13.2 Å². The first-order chi connectivity index (χ1) is 10.2. The van der Waals surface area contributed by atoms with Gasteiger partial charge in [-0.1, -0.05) is 6.07 Å². The second-order valence-electron chi connectivity index (χ2n) is 5.00. The molecule has 0 heterocycles. The average molecular weight is 320 g/mol. The van der Waals surface area contributed by atoms with E-state index in [0.29, 0.717) is 0 Å². The Labute approximate surface area is 126 Å². The van der Waals surface area contributed by atoms with E-state index >= 15 is 0 Å². The maximum atomic E-state index is 12.5. The molecular formula is C14H19F3N2O3. The van der Waals surface area contributed by atoms with Crippen molar-refractivity contribution in [1.29, 1.82) is 0 Å². The molecule has 1 unspecified atom stereocenters. The van der Waals surface area contributed by atoms with Crippen LogP contribution < -0.4 is 15.4 Å². The summed E-state index contributed by atoms with van der Waals surface area (Å²) in [5.41, 5.74) is -0.825. The lowest BCUT2D eigenvalue weighted by Crippen LogP contribution is -2.43. The number of nitrogens with one attached hydrogen (secondary N) is 2. The number of hydrogen-bond donors (Lipinski definition) is 3. The van der Waals surface area contributed by atoms with Crippen molar-refractivity contribution in [3.8, 4) is 5.75 Å². The second-order valence-corrected chi connectivity index (χ2v) is 5.00. The van der Waals surface area contributed by atoms with Gasteiger partial charge in [-0.15, -0.1) is 0 Å². The molecule has 3 N–H and O–H groups in total. The molecule has 1 aromatic carbocycles. The van der Waals surface area contributed by atoms with Crippen molar-refractivity contribution < 1.29 is 27.8 Å². The fourth-order valence-corrected chi connectivity index (χ4v) is 1.54. The fourth-order valence-electron chi connectivity index (χ4n) is 1.54. The van der Waals surface area contributed by atoms with Crippen LogP contribution >= 0.6 is 0 Å². The molecule has 0 saturated heterocycles. The Balaban J connectivity index is 2.41. The second kappa shape index (κ2) is 7.88. The third-order valence-corrected chi connectivity index (χ3v) is 2.52. The van der Waals surface area contributed by atoms with Gasteiger partial charge < -0.3 is 20.5 Å². The number of benzene rings is 1. The number of aliphatic hydroxyl groups is 1. The number of rotatable bonds is 6. The zero-order chi connectivity index (χ0) is 16.8. The number of halogens is 3. The van der Waals surface area contributed by atoms with Crippen LogP contribution in [0.3, 0.4) is 0 Å². The molecule has 0 radical (unpaired) electrons. The molecule has 5 nitrogen and oxygen atoms in total. The van der Waals surface area contributed by atoms with Gasteiger partial charge in [-0.05, 0) is 32.0 Å². The number of ether oxygens (including phenoxy) is 1. The van der Waals surface area contributed by atoms with Crippen LogP contribution in [0.15, 0.2) is 24.3 Å². The first-order valence-electron chi connectivity index (χ1n) is 6.71. The maximum Gasteiger partial charge on any atom is 0.416 e. The Morgan fingerprint density at radius 1 is 1.36 bits per heavy atom. The highest BCUT2D eigenvalue weighted by Crippen LogP contribution is 2.31. The van der Waals surface area contributed by atoms with Gasteiger partial charge in [0.15, 0.2) is 0 Å². The predicted molar refractivity (Wildman–Crippen MR) is 74.6 cm³/mol. The van der Waals surface area contributed by atoms with Crippen LogP contribution in [0.2, 0.25) is 0 Å². The molecule has 0 aliphatic rings. The minimum Gasteiger partial charge on any atom is -0.491 e. The molecule has 0 aliphatic carbocycles. The Morgan fingerprint density at radius 2 is 2.05 bits per heavy atom. The van der Waals surface area contributed by atoms with Gasteiger partial charge in [0.1, 0.15) is 18.5 Å². The van der Waals surface area contributed by atoms with Crippen LogP contribution in [-0.4, -0.2) is 36.4 Å². The standard InChI is InChI=1S/C14H19F3N2O3/c1-9(2)19-13(21)18-7-11(20)8-22-12-5-3-4-10(6-12)14(15,16)17/h3-6,9,11,20H,7-8H2,1-2H3,(H2,18,19,21). The number of carbonyl (C=O) groups is 1. The molecule has 0 aliphatic heterocycles. The van der Waals surface area contributed by atoms with Gasteiger partial charge in [-0.25, -0.2) is 4.79 Å². The van der Waals surface area contributed by atoms with E-state index in [-0.39, 0.29) is 24.9 Å². The lowest BCUT2D eigenvalue weighted by Gasteiger charge is -2.15. The van der Waals surface area contributed by atoms with Crippen LogP contribution in [0.25, 0.3) is 0 Å². The van der Waals surface area contributed by atoms with Gasteiger partial charge in [0.2, 0.25) is 0 Å². The van der Waals surface area contributed by atoms with Gasteiger partial charge in [0.25, 0.3) is 0 Å². The number of hydrogen-bond acceptors (Lipinski definition) is 3. The number of carbonyl (C=O) groups excluding carboxylic acids is 1. The summed E-state index contributed by atoms with van der Waals surface area (Å²) in [5.74, 6) is 0.000469. The molecule has 1 aromatic rings. The van der Waals surface area contributed by atoms with E-state index in [1.165, 1.54) is 12.1 Å². The van der Waals surface area contributed by atoms with Gasteiger partial charge >= 0.3 is 12.2 Å². The first kappa shape index (κ1) is 18.1. The maximum absolute atomic E-state index is 12.5. The molecule has 0 spiro atoms. The van der Waals surface area contributed by atoms with E-state index in [4.69, 9.17) is 4.74 Å². The molecule has 124 valence electrons. The van der Waals surface area contributed by atoms with Crippen LogP contribution in [0, 0.1) is 0 Å². The monoisotopic (exact) mass is 320 g/mol. The van der Waals surface area contributed by atoms with Crippen molar-refractivity contribution in [3.63, 3.8) is 0 Å². The third kappa shape index (κ3) is 6.66. The average Bonchev–Trinajstić information content (AvgIpc) is 2.41. The van der Waals surface area contributed by atoms with E-state index in [0.717, 1.165) is 12.1 Å². The van der Waals surface area contributed by atoms with Crippen LogP contribution in [0.4, 0.5) is 18.0 Å². The van der Waals surface area contributed by atoms with E-state index in [9.17, 15) is 23.1 Å². The Kier molecular flexibility index (Phi) is 6.48. The fraction of sp³-hybridized carbons (Fsp3) is 0.500. The minimum absolute atomic E-state index is 0.000469. The lowest BCUT2D eigenvalue weighted by molar-refractivity contribution is -0.137. The van der Waals surface area contributed by atoms with Crippen molar-refractivity contribution in [2.24, 2.45) is 0 Å². The summed E-state index contributed by atoms with van der Waals surface area (Å²) < 4.78 is 42.7. The molecule has 0 bridgehead atoms. The number of urea groups is 1. The highest BCUT2D eigenvalue weighted by Gasteiger charge is 2.30. The summed E-state index contributed by atoms with van der Waals surface area (Å²) in [6.07, 6.45) is -5.48. The molecule has 1 atom stereocenters. The van der Waals surface area contributed by atoms with Crippen molar-refractivity contribution in [1.82, 2.24) is 10.6 Å². The largest absolute Gasteiger partial charge is 0.491 e. The molecule has 2 amide bonds. The zero-order valence-electron chi connectivity index (χ0n) is 12.3. The highest BCUT2D eigenvalue weighted by molar-refractivity contribution is 5.74. The van der Waals surface area contributed by atoms with Gasteiger partial charge in [0, 0.05) is 12.6 Å². The van der Waals surface area contributed by atoms with Gasteiger partial charge in [-0.3, -0.25) is 0 Å². The van der Waals surface area contributed by atoms with Crippen LogP contribution in [-0.2, 0) is 6.18 Å². The first-order valence-corrected chi connectivity index (χ1v) is 6.71. The highest BCUT2D eigenvalue weighted by atomic mass is 19.4. The van der Waals surface area contributed by atoms with E-state index in [1.54, 1.807) is 13.8 Å². The number of aliphatic hydroxyl groups excluding tert-OH is 1. The van der Waals surface area contributed by atoms with Crippen molar-refractivity contribution in [2.75, 3.05) is 13.2 Å².